The molecule has 0 aliphatic carbocycles. The van der Waals surface area contributed by atoms with Gasteiger partial charge in [-0.25, -0.2) is 0 Å². The zero-order valence-corrected chi connectivity index (χ0v) is 8.75. The van der Waals surface area contributed by atoms with Crippen molar-refractivity contribution in [1.82, 2.24) is 4.90 Å². The number of rotatable bonds is 7. The summed E-state index contributed by atoms with van der Waals surface area (Å²) in [7, 11) is 0. The summed E-state index contributed by atoms with van der Waals surface area (Å²) < 4.78 is 0. The first-order valence-corrected chi connectivity index (χ1v) is 5.14. The van der Waals surface area contributed by atoms with E-state index in [2.05, 4.69) is 6.92 Å². The largest absolute Gasteiger partial charge is 0.396 e. The summed E-state index contributed by atoms with van der Waals surface area (Å²) in [6.45, 7) is 5.66. The fourth-order valence-corrected chi connectivity index (χ4v) is 1.21. The fourth-order valence-electron chi connectivity index (χ4n) is 1.21. The lowest BCUT2D eigenvalue weighted by Crippen LogP contribution is -2.31. The van der Waals surface area contributed by atoms with Gasteiger partial charge < -0.3 is 10.0 Å². The molecule has 1 N–H and O–H groups in total. The van der Waals surface area contributed by atoms with E-state index in [1.54, 1.807) is 0 Å². The number of hydrogen-bond acceptors (Lipinski definition) is 2. The van der Waals surface area contributed by atoms with Gasteiger partial charge in [-0.2, -0.15) is 0 Å². The van der Waals surface area contributed by atoms with Crippen molar-refractivity contribution in [3.63, 3.8) is 0 Å². The van der Waals surface area contributed by atoms with Crippen molar-refractivity contribution >= 4 is 5.91 Å². The molecule has 0 rings (SSSR count). The minimum Gasteiger partial charge on any atom is -0.396 e. The molecule has 0 aromatic carbocycles. The first-order chi connectivity index (χ1) is 6.26. The Morgan fingerprint density at radius 3 is 2.46 bits per heavy atom. The van der Waals surface area contributed by atoms with Crippen LogP contribution in [0.25, 0.3) is 0 Å². The molecule has 0 aliphatic rings. The van der Waals surface area contributed by atoms with Crippen LogP contribution in [0.4, 0.5) is 0 Å². The highest BCUT2D eigenvalue weighted by Crippen LogP contribution is 2.01. The van der Waals surface area contributed by atoms with Crippen LogP contribution in [0, 0.1) is 0 Å². The Kier molecular flexibility index (Phi) is 7.69. The van der Waals surface area contributed by atoms with E-state index < -0.39 is 0 Å². The maximum Gasteiger partial charge on any atom is 0.222 e. The second kappa shape index (κ2) is 8.05. The summed E-state index contributed by atoms with van der Waals surface area (Å²) in [6, 6.07) is 0. The van der Waals surface area contributed by atoms with Crippen molar-refractivity contribution in [3.05, 3.63) is 0 Å². The van der Waals surface area contributed by atoms with E-state index in [1.165, 1.54) is 0 Å². The third kappa shape index (κ3) is 5.64. The quantitative estimate of drug-likeness (QED) is 0.654. The van der Waals surface area contributed by atoms with E-state index in [9.17, 15) is 4.79 Å². The molecule has 0 unspecified atom stereocenters. The van der Waals surface area contributed by atoms with Gasteiger partial charge in [0.15, 0.2) is 0 Å². The monoisotopic (exact) mass is 187 g/mol. The second-order valence-corrected chi connectivity index (χ2v) is 3.15. The van der Waals surface area contributed by atoms with Crippen LogP contribution in [-0.4, -0.2) is 35.6 Å². The molecule has 0 atom stereocenters. The van der Waals surface area contributed by atoms with E-state index in [1.807, 2.05) is 11.8 Å². The summed E-state index contributed by atoms with van der Waals surface area (Å²) >= 11 is 0. The highest BCUT2D eigenvalue weighted by Gasteiger charge is 2.09. The number of amides is 1. The first-order valence-electron chi connectivity index (χ1n) is 5.14. The van der Waals surface area contributed by atoms with Crippen molar-refractivity contribution in [3.8, 4) is 0 Å². The van der Waals surface area contributed by atoms with E-state index in [0.717, 1.165) is 19.4 Å². The number of nitrogens with zero attached hydrogens (tertiary/aromatic N) is 1. The summed E-state index contributed by atoms with van der Waals surface area (Å²) in [5, 5.41) is 8.63. The molecule has 0 heterocycles. The van der Waals surface area contributed by atoms with Gasteiger partial charge in [-0.05, 0) is 19.8 Å². The molecule has 0 saturated heterocycles. The van der Waals surface area contributed by atoms with Crippen molar-refractivity contribution < 1.29 is 9.90 Å². The van der Waals surface area contributed by atoms with Gasteiger partial charge in [0.05, 0.1) is 0 Å². The Bertz CT molecular complexity index is 137. The number of hydrogen-bond donors (Lipinski definition) is 1. The zero-order valence-electron chi connectivity index (χ0n) is 8.75. The van der Waals surface area contributed by atoms with E-state index in [-0.39, 0.29) is 12.5 Å². The van der Waals surface area contributed by atoms with Gasteiger partial charge in [0.25, 0.3) is 0 Å². The third-order valence-corrected chi connectivity index (χ3v) is 2.06. The molecule has 0 aliphatic heterocycles. The van der Waals surface area contributed by atoms with Gasteiger partial charge in [0, 0.05) is 26.1 Å². The number of carbonyl (C=O) groups excluding carboxylic acids is 1. The lowest BCUT2D eigenvalue weighted by molar-refractivity contribution is -0.131. The van der Waals surface area contributed by atoms with Crippen LogP contribution in [0.2, 0.25) is 0 Å². The summed E-state index contributed by atoms with van der Waals surface area (Å²) in [4.78, 5) is 13.3. The Morgan fingerprint density at radius 1 is 1.31 bits per heavy atom. The molecule has 3 heteroatoms. The smallest absolute Gasteiger partial charge is 0.222 e. The van der Waals surface area contributed by atoms with Crippen molar-refractivity contribution in [2.24, 2.45) is 0 Å². The summed E-state index contributed by atoms with van der Waals surface area (Å²) in [6.07, 6.45) is 3.36. The third-order valence-electron chi connectivity index (χ3n) is 2.06. The van der Waals surface area contributed by atoms with Crippen molar-refractivity contribution in [2.45, 2.75) is 39.5 Å². The molecule has 0 saturated carbocycles. The predicted octanol–water partition coefficient (Wildman–Crippen LogP) is 1.41. The Balaban J connectivity index is 3.71. The van der Waals surface area contributed by atoms with Crippen LogP contribution in [0.1, 0.15) is 39.5 Å². The minimum atomic E-state index is 0.164. The predicted molar refractivity (Wildman–Crippen MR) is 53.5 cm³/mol. The van der Waals surface area contributed by atoms with E-state index >= 15 is 0 Å². The Hall–Kier alpha value is -0.570. The number of aliphatic hydroxyl groups excluding tert-OH is 1. The second-order valence-electron chi connectivity index (χ2n) is 3.15. The molecule has 0 radical (unpaired) electrons. The molecule has 0 fully saturated rings. The van der Waals surface area contributed by atoms with Gasteiger partial charge >= 0.3 is 0 Å². The highest BCUT2D eigenvalue weighted by molar-refractivity contribution is 5.76. The van der Waals surface area contributed by atoms with Gasteiger partial charge in [-0.3, -0.25) is 4.79 Å². The molecule has 3 nitrogen and oxygen atoms in total. The molecule has 0 bridgehead atoms. The van der Waals surface area contributed by atoms with Crippen molar-refractivity contribution in [2.75, 3.05) is 19.7 Å². The molecular formula is C10H21NO2. The molecule has 0 spiro atoms. The topological polar surface area (TPSA) is 40.5 Å². The first kappa shape index (κ1) is 12.4. The number of aliphatic hydroxyl groups is 1. The standard InChI is InChI=1S/C10H21NO2/c1-3-5-7-10(13)11(4-2)8-6-9-12/h12H,3-9H2,1-2H3. The summed E-state index contributed by atoms with van der Waals surface area (Å²) in [5.74, 6) is 0.220. The zero-order chi connectivity index (χ0) is 10.1. The van der Waals surface area contributed by atoms with Gasteiger partial charge in [0.1, 0.15) is 0 Å². The van der Waals surface area contributed by atoms with E-state index in [4.69, 9.17) is 5.11 Å². The molecule has 13 heavy (non-hydrogen) atoms. The molecule has 0 aromatic rings. The lowest BCUT2D eigenvalue weighted by Gasteiger charge is -2.20. The van der Waals surface area contributed by atoms with E-state index in [0.29, 0.717) is 19.4 Å². The Labute approximate surface area is 80.7 Å². The maximum absolute atomic E-state index is 11.5. The normalized spacial score (nSPS) is 10.1. The maximum atomic E-state index is 11.5. The lowest BCUT2D eigenvalue weighted by atomic mass is 10.2. The number of carbonyl (C=O) groups is 1. The van der Waals surface area contributed by atoms with Crippen LogP contribution >= 0.6 is 0 Å². The molecule has 78 valence electrons. The highest BCUT2D eigenvalue weighted by atomic mass is 16.3. The average Bonchev–Trinajstić information content (AvgIpc) is 2.16. The van der Waals surface area contributed by atoms with Gasteiger partial charge in [-0.1, -0.05) is 13.3 Å². The molecule has 1 amide bonds. The number of unbranched alkanes of at least 4 members (excludes halogenated alkanes) is 1. The van der Waals surface area contributed by atoms with Gasteiger partial charge in [-0.15, -0.1) is 0 Å². The van der Waals surface area contributed by atoms with Gasteiger partial charge in [0.2, 0.25) is 5.91 Å². The minimum absolute atomic E-state index is 0.164. The SMILES string of the molecule is CCCCC(=O)N(CC)CCCO. The van der Waals surface area contributed by atoms with Crippen LogP contribution in [0.5, 0.6) is 0 Å². The average molecular weight is 187 g/mol. The summed E-state index contributed by atoms with van der Waals surface area (Å²) in [5.41, 5.74) is 0. The van der Waals surface area contributed by atoms with Crippen LogP contribution < -0.4 is 0 Å². The van der Waals surface area contributed by atoms with Crippen LogP contribution in [0.15, 0.2) is 0 Å². The Morgan fingerprint density at radius 2 is 2.00 bits per heavy atom. The van der Waals surface area contributed by atoms with Crippen molar-refractivity contribution in [1.29, 1.82) is 0 Å². The molecule has 0 aromatic heterocycles. The molecular weight excluding hydrogens is 166 g/mol. The van der Waals surface area contributed by atoms with Crippen LogP contribution in [0.3, 0.4) is 0 Å². The van der Waals surface area contributed by atoms with Crippen LogP contribution in [-0.2, 0) is 4.79 Å². The fraction of sp³-hybridized carbons (Fsp3) is 0.900.